The minimum atomic E-state index is -0.556. The van der Waals surface area contributed by atoms with Crippen LogP contribution in [0.3, 0.4) is 0 Å². The van der Waals surface area contributed by atoms with Crippen molar-refractivity contribution in [3.05, 3.63) is 70.9 Å². The molecule has 2 atom stereocenters. The molecule has 9 heteroatoms. The van der Waals surface area contributed by atoms with Gasteiger partial charge in [-0.1, -0.05) is 18.2 Å². The van der Waals surface area contributed by atoms with Crippen LogP contribution in [0.4, 0.5) is 0 Å². The third kappa shape index (κ3) is 5.01. The zero-order valence-corrected chi connectivity index (χ0v) is 20.6. The van der Waals surface area contributed by atoms with Crippen molar-refractivity contribution >= 4 is 28.2 Å². The van der Waals surface area contributed by atoms with Gasteiger partial charge in [0.15, 0.2) is 0 Å². The Morgan fingerprint density at radius 2 is 1.97 bits per heavy atom. The third-order valence-corrected chi connectivity index (χ3v) is 6.96. The first-order valence-corrected chi connectivity index (χ1v) is 12.3. The number of amides is 1. The molecule has 9 nitrogen and oxygen atoms in total. The molecule has 1 saturated heterocycles. The number of aromatic nitrogens is 2. The molecule has 2 N–H and O–H groups in total. The number of carbonyl (C=O) groups excluding carboxylic acids is 1. The van der Waals surface area contributed by atoms with Crippen LogP contribution in [0.2, 0.25) is 0 Å². The number of allylic oxidation sites excluding steroid dienone is 1. The Hall–Kier alpha value is -4.31. The number of morpholine rings is 1. The zero-order valence-electron chi connectivity index (χ0n) is 20.6. The van der Waals surface area contributed by atoms with Crippen LogP contribution < -0.4 is 5.32 Å². The van der Waals surface area contributed by atoms with Crippen LogP contribution in [-0.4, -0.2) is 66.1 Å². The molecule has 37 heavy (non-hydrogen) atoms. The number of H-pyrrole nitrogens is 1. The summed E-state index contributed by atoms with van der Waals surface area (Å²) >= 11 is 0. The summed E-state index contributed by atoms with van der Waals surface area (Å²) in [5.74, 6) is -1.15. The van der Waals surface area contributed by atoms with Crippen molar-refractivity contribution in [3.63, 3.8) is 0 Å². The van der Waals surface area contributed by atoms with E-state index in [1.54, 1.807) is 18.3 Å². The van der Waals surface area contributed by atoms with E-state index >= 15 is 0 Å². The van der Waals surface area contributed by atoms with Gasteiger partial charge in [0.05, 0.1) is 54.3 Å². The monoisotopic (exact) mass is 493 g/mol. The van der Waals surface area contributed by atoms with Gasteiger partial charge >= 0.3 is 0 Å². The van der Waals surface area contributed by atoms with E-state index in [4.69, 9.17) is 4.74 Å². The fourth-order valence-electron chi connectivity index (χ4n) is 4.92. The minimum Gasteiger partial charge on any atom is -0.379 e. The van der Waals surface area contributed by atoms with E-state index in [0.717, 1.165) is 54.9 Å². The maximum absolute atomic E-state index is 12.7. The number of carbonyl (C=O) groups is 1. The van der Waals surface area contributed by atoms with Gasteiger partial charge in [-0.05, 0) is 36.8 Å². The lowest BCUT2D eigenvalue weighted by Gasteiger charge is -2.28. The number of aromatic amines is 1. The van der Waals surface area contributed by atoms with Crippen molar-refractivity contribution in [2.24, 2.45) is 10.9 Å². The van der Waals surface area contributed by atoms with Crippen molar-refractivity contribution in [2.75, 3.05) is 39.4 Å². The summed E-state index contributed by atoms with van der Waals surface area (Å²) in [6.07, 6.45) is 1.73. The Balaban J connectivity index is 1.39. The minimum absolute atomic E-state index is 0.145. The Morgan fingerprint density at radius 3 is 2.70 bits per heavy atom. The second kappa shape index (κ2) is 10.8. The molecule has 3 aromatic rings. The first-order chi connectivity index (χ1) is 18.1. The Bertz CT molecular complexity index is 1450. The van der Waals surface area contributed by atoms with Crippen molar-refractivity contribution in [3.8, 4) is 12.1 Å². The van der Waals surface area contributed by atoms with Crippen LogP contribution in [0.1, 0.15) is 34.3 Å². The Labute approximate surface area is 215 Å². The van der Waals surface area contributed by atoms with Crippen LogP contribution in [0, 0.1) is 28.6 Å². The quantitative estimate of drug-likeness (QED) is 0.542. The third-order valence-electron chi connectivity index (χ3n) is 6.96. The molecule has 5 rings (SSSR count). The molecule has 0 saturated carbocycles. The van der Waals surface area contributed by atoms with Crippen molar-refractivity contribution in [2.45, 2.75) is 12.8 Å². The molecule has 1 amide bonds. The molecule has 0 radical (unpaired) electrons. The van der Waals surface area contributed by atoms with Gasteiger partial charge in [0.1, 0.15) is 0 Å². The smallest absolute Gasteiger partial charge is 0.251 e. The van der Waals surface area contributed by atoms with Gasteiger partial charge in [-0.15, -0.1) is 0 Å². The number of nitrogens with one attached hydrogen (secondary N) is 2. The molecule has 2 unspecified atom stereocenters. The summed E-state index contributed by atoms with van der Waals surface area (Å²) in [5, 5.41) is 31.0. The van der Waals surface area contributed by atoms with Gasteiger partial charge < -0.3 is 10.1 Å². The van der Waals surface area contributed by atoms with Crippen molar-refractivity contribution in [1.82, 2.24) is 20.4 Å². The second-order valence-electron chi connectivity index (χ2n) is 9.22. The highest BCUT2D eigenvalue weighted by molar-refractivity contribution is 5.98. The number of hydrogen-bond acceptors (Lipinski definition) is 7. The van der Waals surface area contributed by atoms with Gasteiger partial charge in [0.25, 0.3) is 5.91 Å². The predicted octanol–water partition coefficient (Wildman–Crippen LogP) is 3.26. The van der Waals surface area contributed by atoms with E-state index in [1.807, 2.05) is 37.3 Å². The van der Waals surface area contributed by atoms with E-state index in [2.05, 4.69) is 37.5 Å². The standard InChI is InChI=1S/C28H27N7O2/c1-18-23(15-29)26(21-6-7-25-22(14-21)17-32-34-25)24(16-30)27(33-18)19-2-4-20(5-3-19)28(36)31-8-9-35-10-12-37-13-11-35/h2-7,14,17,23,26H,8-13H2,1H3,(H,31,36)(H,32,34). The topological polar surface area (TPSA) is 130 Å². The normalized spacial score (nSPS) is 20.2. The lowest BCUT2D eigenvalue weighted by atomic mass is 9.76. The fourth-order valence-corrected chi connectivity index (χ4v) is 4.92. The fraction of sp³-hybridized carbons (Fsp3) is 0.321. The number of rotatable bonds is 6. The summed E-state index contributed by atoms with van der Waals surface area (Å²) in [7, 11) is 0. The van der Waals surface area contributed by atoms with Crippen LogP contribution in [0.15, 0.2) is 59.2 Å². The van der Waals surface area contributed by atoms with E-state index < -0.39 is 11.8 Å². The van der Waals surface area contributed by atoms with E-state index in [0.29, 0.717) is 29.1 Å². The molecule has 0 bridgehead atoms. The number of hydrogen-bond donors (Lipinski definition) is 2. The number of benzene rings is 2. The number of aliphatic imine (C=N–C) groups is 1. The van der Waals surface area contributed by atoms with Gasteiger partial charge in [-0.25, -0.2) is 0 Å². The summed E-state index contributed by atoms with van der Waals surface area (Å²) < 4.78 is 5.36. The zero-order chi connectivity index (χ0) is 25.8. The molecule has 2 aliphatic rings. The molecule has 1 aromatic heterocycles. The summed E-state index contributed by atoms with van der Waals surface area (Å²) in [6.45, 7) is 6.38. The molecule has 2 aromatic carbocycles. The Kier molecular flexibility index (Phi) is 7.09. The molecule has 1 fully saturated rings. The molecule has 3 heterocycles. The van der Waals surface area contributed by atoms with Crippen molar-refractivity contribution < 1.29 is 9.53 Å². The van der Waals surface area contributed by atoms with E-state index in [1.165, 1.54) is 0 Å². The van der Waals surface area contributed by atoms with E-state index in [9.17, 15) is 15.3 Å². The molecular weight excluding hydrogens is 466 g/mol. The molecular formula is C28H27N7O2. The van der Waals surface area contributed by atoms with Crippen LogP contribution in [-0.2, 0) is 4.74 Å². The predicted molar refractivity (Wildman–Crippen MR) is 140 cm³/mol. The number of nitrogens with zero attached hydrogens (tertiary/aromatic N) is 5. The van der Waals surface area contributed by atoms with Crippen LogP contribution in [0.5, 0.6) is 0 Å². The highest BCUT2D eigenvalue weighted by Gasteiger charge is 2.35. The summed E-state index contributed by atoms with van der Waals surface area (Å²) in [5.41, 5.74) is 4.63. The van der Waals surface area contributed by atoms with Crippen molar-refractivity contribution in [1.29, 1.82) is 10.5 Å². The second-order valence-corrected chi connectivity index (χ2v) is 9.22. The number of ether oxygens (including phenoxy) is 1. The first-order valence-electron chi connectivity index (χ1n) is 12.3. The average Bonchev–Trinajstić information content (AvgIpc) is 3.41. The van der Waals surface area contributed by atoms with Gasteiger partial charge in [0.2, 0.25) is 0 Å². The van der Waals surface area contributed by atoms with E-state index in [-0.39, 0.29) is 5.91 Å². The van der Waals surface area contributed by atoms with Gasteiger partial charge in [0, 0.05) is 54.3 Å². The maximum Gasteiger partial charge on any atom is 0.251 e. The number of nitriles is 2. The molecule has 2 aliphatic heterocycles. The lowest BCUT2D eigenvalue weighted by Crippen LogP contribution is -2.41. The highest BCUT2D eigenvalue weighted by Crippen LogP contribution is 2.42. The molecule has 0 aliphatic carbocycles. The summed E-state index contributed by atoms with van der Waals surface area (Å²) in [6, 6.07) is 17.6. The van der Waals surface area contributed by atoms with Gasteiger partial charge in [-0.3, -0.25) is 19.8 Å². The van der Waals surface area contributed by atoms with Crippen LogP contribution in [0.25, 0.3) is 16.6 Å². The summed E-state index contributed by atoms with van der Waals surface area (Å²) in [4.78, 5) is 19.6. The first kappa shape index (κ1) is 24.4. The van der Waals surface area contributed by atoms with Crippen LogP contribution >= 0.6 is 0 Å². The Morgan fingerprint density at radius 1 is 1.19 bits per heavy atom. The lowest BCUT2D eigenvalue weighted by molar-refractivity contribution is 0.0383. The van der Waals surface area contributed by atoms with Gasteiger partial charge in [-0.2, -0.15) is 15.6 Å². The highest BCUT2D eigenvalue weighted by atomic mass is 16.5. The largest absolute Gasteiger partial charge is 0.379 e. The molecule has 186 valence electrons. The molecule has 0 spiro atoms. The SMILES string of the molecule is CC1=NC(c2ccc(C(=O)NCCN3CCOCC3)cc2)=C(C#N)C(c2ccc3[nH]ncc3c2)C1C#N. The number of fused-ring (bicyclic) bond motifs is 1. The average molecular weight is 494 g/mol. The maximum atomic E-state index is 12.7.